The molecule has 114 valence electrons. The van der Waals surface area contributed by atoms with Gasteiger partial charge < -0.3 is 11.1 Å². The number of nitrogens with one attached hydrogen (secondary N) is 1. The lowest BCUT2D eigenvalue weighted by atomic mass is 10.2. The molecular formula is C11H15Cl3N2O3S. The lowest BCUT2D eigenvalue weighted by Crippen LogP contribution is -2.37. The minimum Gasteiger partial charge on any atom is -0.325 e. The molecule has 3 N–H and O–H groups in total. The Labute approximate surface area is 134 Å². The summed E-state index contributed by atoms with van der Waals surface area (Å²) in [5.74, 6) is -0.606. The highest BCUT2D eigenvalue weighted by molar-refractivity contribution is 7.90. The summed E-state index contributed by atoms with van der Waals surface area (Å²) in [6.45, 7) is 0. The highest BCUT2D eigenvalue weighted by Crippen LogP contribution is 2.25. The summed E-state index contributed by atoms with van der Waals surface area (Å²) in [5, 5.41) is 3.23. The number of benzene rings is 1. The monoisotopic (exact) mass is 360 g/mol. The van der Waals surface area contributed by atoms with E-state index in [0.29, 0.717) is 15.7 Å². The molecule has 0 aromatic heterocycles. The van der Waals surface area contributed by atoms with Crippen molar-refractivity contribution in [2.75, 3.05) is 17.3 Å². The average molecular weight is 362 g/mol. The molecule has 1 atom stereocenters. The van der Waals surface area contributed by atoms with E-state index in [1.165, 1.54) is 6.07 Å². The van der Waals surface area contributed by atoms with E-state index in [0.717, 1.165) is 6.26 Å². The van der Waals surface area contributed by atoms with Crippen LogP contribution in [-0.4, -0.2) is 32.4 Å². The second-order valence-electron chi connectivity index (χ2n) is 4.14. The van der Waals surface area contributed by atoms with E-state index in [9.17, 15) is 13.2 Å². The number of carbonyl (C=O) groups excluding carboxylic acids is 1. The second-order valence-corrected chi connectivity index (χ2v) is 7.22. The minimum atomic E-state index is -3.14. The van der Waals surface area contributed by atoms with E-state index in [-0.39, 0.29) is 24.6 Å². The molecule has 5 nitrogen and oxygen atoms in total. The van der Waals surface area contributed by atoms with Crippen LogP contribution in [0.4, 0.5) is 5.69 Å². The van der Waals surface area contributed by atoms with E-state index in [1.807, 2.05) is 0 Å². The van der Waals surface area contributed by atoms with Crippen molar-refractivity contribution >= 4 is 57.0 Å². The average Bonchev–Trinajstić information content (AvgIpc) is 2.29. The standard InChI is InChI=1S/C11H14Cl2N2O3S.ClH/c1-19(17,18)5-4-10(14)11(16)15-7-2-3-8(12)9(13)6-7;/h2-3,6,10H,4-5,14H2,1H3,(H,15,16);1H. The summed E-state index contributed by atoms with van der Waals surface area (Å²) in [6.07, 6.45) is 1.16. The SMILES string of the molecule is CS(=O)(=O)CCC(N)C(=O)Nc1ccc(Cl)c(Cl)c1.Cl. The molecule has 0 bridgehead atoms. The fraction of sp³-hybridized carbons (Fsp3) is 0.364. The van der Waals surface area contributed by atoms with E-state index in [4.69, 9.17) is 28.9 Å². The maximum absolute atomic E-state index is 11.7. The summed E-state index contributed by atoms with van der Waals surface area (Å²) < 4.78 is 22.0. The number of nitrogens with two attached hydrogens (primary N) is 1. The first kappa shape index (κ1) is 19.5. The zero-order valence-corrected chi connectivity index (χ0v) is 13.7. The smallest absolute Gasteiger partial charge is 0.241 e. The summed E-state index contributed by atoms with van der Waals surface area (Å²) >= 11 is 11.5. The van der Waals surface area contributed by atoms with Gasteiger partial charge in [-0.15, -0.1) is 12.4 Å². The van der Waals surface area contributed by atoms with Gasteiger partial charge in [-0.2, -0.15) is 0 Å². The van der Waals surface area contributed by atoms with E-state index < -0.39 is 21.8 Å². The number of hydrogen-bond acceptors (Lipinski definition) is 4. The van der Waals surface area contributed by atoms with Gasteiger partial charge in [0.2, 0.25) is 5.91 Å². The molecule has 0 saturated carbocycles. The summed E-state index contributed by atoms with van der Waals surface area (Å²) in [5.41, 5.74) is 6.06. The molecule has 1 aromatic carbocycles. The normalized spacial score (nSPS) is 12.4. The van der Waals surface area contributed by atoms with E-state index in [2.05, 4.69) is 5.32 Å². The van der Waals surface area contributed by atoms with Crippen molar-refractivity contribution in [3.63, 3.8) is 0 Å². The summed E-state index contributed by atoms with van der Waals surface area (Å²) in [6, 6.07) is 3.71. The number of amides is 1. The van der Waals surface area contributed by atoms with Crippen LogP contribution in [0.1, 0.15) is 6.42 Å². The van der Waals surface area contributed by atoms with Crippen LogP contribution in [0.3, 0.4) is 0 Å². The highest BCUT2D eigenvalue weighted by Gasteiger charge is 2.16. The molecule has 1 aromatic rings. The quantitative estimate of drug-likeness (QED) is 0.840. The van der Waals surface area contributed by atoms with Crippen LogP contribution in [0.25, 0.3) is 0 Å². The number of rotatable bonds is 5. The summed E-state index contributed by atoms with van der Waals surface area (Å²) in [4.78, 5) is 11.7. The number of anilines is 1. The third-order valence-electron chi connectivity index (χ3n) is 2.32. The largest absolute Gasteiger partial charge is 0.325 e. The Balaban J connectivity index is 0.00000361. The molecule has 1 amide bonds. The maximum Gasteiger partial charge on any atom is 0.241 e. The van der Waals surface area contributed by atoms with Gasteiger partial charge >= 0.3 is 0 Å². The van der Waals surface area contributed by atoms with Gasteiger partial charge in [0.15, 0.2) is 0 Å². The zero-order valence-electron chi connectivity index (χ0n) is 10.6. The Morgan fingerprint density at radius 1 is 1.35 bits per heavy atom. The molecule has 0 spiro atoms. The van der Waals surface area contributed by atoms with Crippen molar-refractivity contribution in [3.05, 3.63) is 28.2 Å². The Morgan fingerprint density at radius 2 is 1.95 bits per heavy atom. The predicted molar refractivity (Wildman–Crippen MR) is 84.6 cm³/mol. The van der Waals surface area contributed by atoms with E-state index >= 15 is 0 Å². The van der Waals surface area contributed by atoms with Crippen LogP contribution < -0.4 is 11.1 Å². The van der Waals surface area contributed by atoms with E-state index in [1.54, 1.807) is 12.1 Å². The predicted octanol–water partition coefficient (Wildman–Crippen LogP) is 2.12. The molecule has 0 aliphatic rings. The first-order valence-electron chi connectivity index (χ1n) is 5.38. The Kier molecular flexibility index (Phi) is 7.83. The van der Waals surface area contributed by atoms with Gasteiger partial charge in [-0.3, -0.25) is 4.79 Å². The molecule has 0 aliphatic heterocycles. The minimum absolute atomic E-state index is 0. The Bertz CT molecular complexity index is 578. The number of carbonyl (C=O) groups is 1. The van der Waals surface area contributed by atoms with Gasteiger partial charge in [0.05, 0.1) is 21.8 Å². The Hall–Kier alpha value is -0.530. The van der Waals surface area contributed by atoms with Crippen molar-refractivity contribution < 1.29 is 13.2 Å². The third kappa shape index (κ3) is 6.76. The molecular weight excluding hydrogens is 347 g/mol. The van der Waals surface area contributed by atoms with Crippen molar-refractivity contribution in [1.29, 1.82) is 0 Å². The van der Waals surface area contributed by atoms with Crippen LogP contribution in [0.5, 0.6) is 0 Å². The van der Waals surface area contributed by atoms with Crippen molar-refractivity contribution in [1.82, 2.24) is 0 Å². The van der Waals surface area contributed by atoms with Crippen LogP contribution in [-0.2, 0) is 14.6 Å². The molecule has 20 heavy (non-hydrogen) atoms. The van der Waals surface area contributed by atoms with Crippen molar-refractivity contribution in [2.24, 2.45) is 5.73 Å². The van der Waals surface area contributed by atoms with Gasteiger partial charge in [0.25, 0.3) is 0 Å². The molecule has 0 radical (unpaired) electrons. The number of sulfone groups is 1. The topological polar surface area (TPSA) is 89.3 Å². The van der Waals surface area contributed by atoms with Gasteiger partial charge in [-0.05, 0) is 24.6 Å². The van der Waals surface area contributed by atoms with Crippen molar-refractivity contribution in [3.8, 4) is 0 Å². The van der Waals surface area contributed by atoms with Gasteiger partial charge in [0, 0.05) is 11.9 Å². The molecule has 0 heterocycles. The molecule has 9 heteroatoms. The highest BCUT2D eigenvalue weighted by atomic mass is 35.5. The maximum atomic E-state index is 11.7. The Morgan fingerprint density at radius 3 is 2.45 bits per heavy atom. The second kappa shape index (κ2) is 8.05. The van der Waals surface area contributed by atoms with Crippen LogP contribution in [0, 0.1) is 0 Å². The first-order chi connectivity index (χ1) is 8.69. The molecule has 1 rings (SSSR count). The number of hydrogen-bond donors (Lipinski definition) is 2. The van der Waals surface area contributed by atoms with Crippen molar-refractivity contribution in [2.45, 2.75) is 12.5 Å². The van der Waals surface area contributed by atoms with Crippen LogP contribution in [0.15, 0.2) is 18.2 Å². The molecule has 0 saturated heterocycles. The zero-order chi connectivity index (χ0) is 14.6. The lowest BCUT2D eigenvalue weighted by molar-refractivity contribution is -0.117. The van der Waals surface area contributed by atoms with Gasteiger partial charge in [0.1, 0.15) is 9.84 Å². The number of halogens is 3. The third-order valence-corrected chi connectivity index (χ3v) is 4.04. The van der Waals surface area contributed by atoms with Crippen LogP contribution >= 0.6 is 35.6 Å². The first-order valence-corrected chi connectivity index (χ1v) is 8.20. The fourth-order valence-corrected chi connectivity index (χ4v) is 2.26. The fourth-order valence-electron chi connectivity index (χ4n) is 1.28. The van der Waals surface area contributed by atoms with Gasteiger partial charge in [-0.1, -0.05) is 23.2 Å². The van der Waals surface area contributed by atoms with Gasteiger partial charge in [-0.25, -0.2) is 8.42 Å². The summed E-state index contributed by atoms with van der Waals surface area (Å²) in [7, 11) is -3.14. The molecule has 0 aliphatic carbocycles. The molecule has 0 fully saturated rings. The van der Waals surface area contributed by atoms with Crippen LogP contribution in [0.2, 0.25) is 10.0 Å². The lowest BCUT2D eigenvalue weighted by Gasteiger charge is -2.12. The molecule has 1 unspecified atom stereocenters.